The molecule has 0 rings (SSSR count). The summed E-state index contributed by atoms with van der Waals surface area (Å²) in [6.45, 7) is -1.80. The maximum atomic E-state index is 9.11. The van der Waals surface area contributed by atoms with Gasteiger partial charge in [0.05, 0.1) is 25.9 Å². The Morgan fingerprint density at radius 3 is 1.70 bits per heavy atom. The Bertz CT molecular complexity index is 93.6. The fraction of sp³-hybridized carbons (Fsp3) is 1.00. The minimum absolute atomic E-state index is 0.475. The molecule has 0 radical (unpaired) electrons. The van der Waals surface area contributed by atoms with Crippen LogP contribution in [0.15, 0.2) is 0 Å². The van der Waals surface area contributed by atoms with Gasteiger partial charge in [0.2, 0.25) is 0 Å². The van der Waals surface area contributed by atoms with E-state index in [1.165, 1.54) is 0 Å². The van der Waals surface area contributed by atoms with Crippen LogP contribution in [0.4, 0.5) is 0 Å². The zero-order valence-electron chi connectivity index (χ0n) is 5.56. The second-order valence-electron chi connectivity index (χ2n) is 2.21. The van der Waals surface area contributed by atoms with Crippen molar-refractivity contribution in [1.29, 1.82) is 0 Å². The van der Waals surface area contributed by atoms with E-state index in [-0.39, 0.29) is 0 Å². The molecule has 0 fully saturated rings. The second kappa shape index (κ2) is 3.85. The van der Waals surface area contributed by atoms with Gasteiger partial charge < -0.3 is 26.2 Å². The van der Waals surface area contributed by atoms with Crippen LogP contribution < -0.4 is 5.73 Å². The van der Waals surface area contributed by atoms with Crippen molar-refractivity contribution in [3.63, 3.8) is 0 Å². The van der Waals surface area contributed by atoms with Gasteiger partial charge in [-0.15, -0.1) is 0 Å². The summed E-state index contributed by atoms with van der Waals surface area (Å²) < 4.78 is 0. The summed E-state index contributed by atoms with van der Waals surface area (Å²) in [4.78, 5) is 0. The predicted octanol–water partition coefficient (Wildman–Crippen LogP) is -2.98. The Kier molecular flexibility index (Phi) is 3.77. The molecule has 0 aliphatic heterocycles. The highest BCUT2D eigenvalue weighted by atomic mass is 16.4. The summed E-state index contributed by atoms with van der Waals surface area (Å²) in [5, 5.41) is 34.5. The third kappa shape index (κ3) is 1.89. The van der Waals surface area contributed by atoms with Crippen LogP contribution in [0.5, 0.6) is 0 Å². The van der Waals surface area contributed by atoms with E-state index in [2.05, 4.69) is 0 Å². The van der Waals surface area contributed by atoms with Gasteiger partial charge in [-0.05, 0) is 0 Å². The average molecular weight is 151 g/mol. The van der Waals surface area contributed by atoms with E-state index in [0.717, 1.165) is 0 Å². The van der Waals surface area contributed by atoms with Crippen LogP contribution in [0.2, 0.25) is 0 Å². The van der Waals surface area contributed by atoms with E-state index in [1.807, 2.05) is 0 Å². The maximum Gasteiger partial charge on any atom is 0.128 e. The molecule has 0 amide bonds. The second-order valence-corrected chi connectivity index (χ2v) is 2.21. The molecule has 0 saturated heterocycles. The number of hydrogen-bond acceptors (Lipinski definition) is 5. The van der Waals surface area contributed by atoms with E-state index in [0.29, 0.717) is 0 Å². The molecular weight excluding hydrogens is 138 g/mol. The van der Waals surface area contributed by atoms with Gasteiger partial charge in [0.25, 0.3) is 0 Å². The lowest BCUT2D eigenvalue weighted by atomic mass is 9.98. The Morgan fingerprint density at radius 1 is 1.20 bits per heavy atom. The highest BCUT2D eigenvalue weighted by molar-refractivity contribution is 4.87. The fourth-order valence-corrected chi connectivity index (χ4v) is 0.454. The zero-order chi connectivity index (χ0) is 8.20. The number of hydrogen-bond donors (Lipinski definition) is 5. The molecule has 0 spiro atoms. The first-order valence-electron chi connectivity index (χ1n) is 2.91. The lowest BCUT2D eigenvalue weighted by molar-refractivity contribution is -0.0810. The summed E-state index contributed by atoms with van der Waals surface area (Å²) in [6, 6.07) is -1.01. The Labute approximate surface area is 58.7 Å². The van der Waals surface area contributed by atoms with E-state index >= 15 is 0 Å². The molecule has 5 nitrogen and oxygen atoms in total. The van der Waals surface area contributed by atoms with Gasteiger partial charge >= 0.3 is 0 Å². The summed E-state index contributed by atoms with van der Waals surface area (Å²) in [6.07, 6.45) is 0. The van der Waals surface area contributed by atoms with Crippen LogP contribution in [0, 0.1) is 0 Å². The molecule has 1 atom stereocenters. The molecular formula is C5H13NO4. The molecule has 0 aromatic carbocycles. The van der Waals surface area contributed by atoms with Crippen molar-refractivity contribution in [2.24, 2.45) is 5.73 Å². The van der Waals surface area contributed by atoms with Crippen molar-refractivity contribution in [2.45, 2.75) is 11.6 Å². The SMILES string of the molecule is NC(CO)C(O)(CO)CO. The summed E-state index contributed by atoms with van der Waals surface area (Å²) >= 11 is 0. The third-order valence-corrected chi connectivity index (χ3v) is 1.43. The van der Waals surface area contributed by atoms with Crippen molar-refractivity contribution in [1.82, 2.24) is 0 Å². The Balaban J connectivity index is 4.02. The van der Waals surface area contributed by atoms with Gasteiger partial charge in [0.15, 0.2) is 0 Å². The Morgan fingerprint density at radius 2 is 1.60 bits per heavy atom. The standard InChI is InChI=1S/C5H13NO4/c6-4(1-7)5(10,2-8)3-9/h4,7-10H,1-3,6H2. The van der Waals surface area contributed by atoms with Gasteiger partial charge in [-0.25, -0.2) is 0 Å². The highest BCUT2D eigenvalue weighted by Crippen LogP contribution is 2.05. The fourth-order valence-electron chi connectivity index (χ4n) is 0.454. The number of aliphatic hydroxyl groups is 4. The van der Waals surface area contributed by atoms with Crippen LogP contribution in [-0.4, -0.2) is 51.9 Å². The topological polar surface area (TPSA) is 107 Å². The molecule has 0 saturated carbocycles. The largest absolute Gasteiger partial charge is 0.395 e. The molecule has 0 bridgehead atoms. The van der Waals surface area contributed by atoms with Crippen LogP contribution in [0.1, 0.15) is 0 Å². The van der Waals surface area contributed by atoms with Crippen LogP contribution in [-0.2, 0) is 0 Å². The van der Waals surface area contributed by atoms with Crippen molar-refractivity contribution in [3.8, 4) is 0 Å². The molecule has 0 aromatic heterocycles. The van der Waals surface area contributed by atoms with E-state index in [9.17, 15) is 0 Å². The van der Waals surface area contributed by atoms with Crippen molar-refractivity contribution in [2.75, 3.05) is 19.8 Å². The number of nitrogens with two attached hydrogens (primary N) is 1. The number of aliphatic hydroxyl groups excluding tert-OH is 3. The molecule has 5 heteroatoms. The minimum atomic E-state index is -1.77. The summed E-state index contributed by atoms with van der Waals surface area (Å²) in [5.74, 6) is 0. The quantitative estimate of drug-likeness (QED) is 0.295. The van der Waals surface area contributed by atoms with Crippen LogP contribution >= 0.6 is 0 Å². The van der Waals surface area contributed by atoms with Crippen molar-refractivity contribution >= 4 is 0 Å². The first-order chi connectivity index (χ1) is 4.60. The Hall–Kier alpha value is -0.200. The molecule has 0 aromatic rings. The first-order valence-corrected chi connectivity index (χ1v) is 2.91. The van der Waals surface area contributed by atoms with Gasteiger partial charge in [-0.3, -0.25) is 0 Å². The van der Waals surface area contributed by atoms with E-state index < -0.39 is 31.5 Å². The monoisotopic (exact) mass is 151 g/mol. The molecule has 62 valence electrons. The molecule has 0 aliphatic rings. The van der Waals surface area contributed by atoms with Crippen molar-refractivity contribution < 1.29 is 20.4 Å². The molecule has 10 heavy (non-hydrogen) atoms. The molecule has 0 heterocycles. The van der Waals surface area contributed by atoms with Gasteiger partial charge in [-0.2, -0.15) is 0 Å². The molecule has 6 N–H and O–H groups in total. The van der Waals surface area contributed by atoms with Crippen LogP contribution in [0.25, 0.3) is 0 Å². The normalized spacial score (nSPS) is 15.3. The van der Waals surface area contributed by atoms with E-state index in [4.69, 9.17) is 26.2 Å². The molecule has 1 unspecified atom stereocenters. The van der Waals surface area contributed by atoms with Gasteiger partial charge in [0, 0.05) is 0 Å². The van der Waals surface area contributed by atoms with Gasteiger partial charge in [-0.1, -0.05) is 0 Å². The predicted molar refractivity (Wildman–Crippen MR) is 34.2 cm³/mol. The lowest BCUT2D eigenvalue weighted by Crippen LogP contribution is -2.55. The lowest BCUT2D eigenvalue weighted by Gasteiger charge is -2.28. The summed E-state index contributed by atoms with van der Waals surface area (Å²) in [5.41, 5.74) is 3.38. The van der Waals surface area contributed by atoms with Gasteiger partial charge in [0.1, 0.15) is 5.60 Å². The zero-order valence-corrected chi connectivity index (χ0v) is 5.56. The average Bonchev–Trinajstić information content (AvgIpc) is 2.01. The first kappa shape index (κ1) is 9.80. The smallest absolute Gasteiger partial charge is 0.128 e. The van der Waals surface area contributed by atoms with Crippen LogP contribution in [0.3, 0.4) is 0 Å². The molecule has 0 aliphatic carbocycles. The third-order valence-electron chi connectivity index (χ3n) is 1.43. The maximum absolute atomic E-state index is 9.11. The van der Waals surface area contributed by atoms with E-state index in [1.54, 1.807) is 0 Å². The highest BCUT2D eigenvalue weighted by Gasteiger charge is 2.32. The minimum Gasteiger partial charge on any atom is -0.395 e. The number of rotatable bonds is 4. The summed E-state index contributed by atoms with van der Waals surface area (Å²) in [7, 11) is 0. The van der Waals surface area contributed by atoms with Crippen molar-refractivity contribution in [3.05, 3.63) is 0 Å².